The summed E-state index contributed by atoms with van der Waals surface area (Å²) in [5, 5.41) is 4.39. The van der Waals surface area contributed by atoms with Gasteiger partial charge in [-0.3, -0.25) is 0 Å². The Morgan fingerprint density at radius 1 is 1.44 bits per heavy atom. The lowest BCUT2D eigenvalue weighted by molar-refractivity contribution is 0.0270. The Bertz CT molecular complexity index is 733. The zero-order chi connectivity index (χ0) is 18.6. The van der Waals surface area contributed by atoms with Crippen LogP contribution in [0.15, 0.2) is 29.4 Å². The summed E-state index contributed by atoms with van der Waals surface area (Å²) < 4.78 is 5.41. The summed E-state index contributed by atoms with van der Waals surface area (Å²) in [5.74, 6) is 0. The molecule has 0 spiro atoms. The van der Waals surface area contributed by atoms with Crippen LogP contribution in [0.25, 0.3) is 16.0 Å². The van der Waals surface area contributed by atoms with Crippen molar-refractivity contribution in [3.05, 3.63) is 50.9 Å². The van der Waals surface area contributed by atoms with Crippen molar-refractivity contribution in [3.63, 3.8) is 0 Å². The highest BCUT2D eigenvalue weighted by Crippen LogP contribution is 2.32. The highest BCUT2D eigenvalue weighted by molar-refractivity contribution is 6.30. The fourth-order valence-corrected chi connectivity index (χ4v) is 2.90. The van der Waals surface area contributed by atoms with Gasteiger partial charge in [0, 0.05) is 23.0 Å². The predicted molar refractivity (Wildman–Crippen MR) is 99.4 cm³/mol. The van der Waals surface area contributed by atoms with E-state index in [1.165, 1.54) is 0 Å². The molecule has 6 nitrogen and oxygen atoms in total. The van der Waals surface area contributed by atoms with Crippen molar-refractivity contribution in [1.29, 1.82) is 0 Å². The van der Waals surface area contributed by atoms with Crippen molar-refractivity contribution in [1.82, 2.24) is 4.90 Å². The van der Waals surface area contributed by atoms with Gasteiger partial charge in [0.05, 0.1) is 6.04 Å². The third kappa shape index (κ3) is 5.15. The molecule has 1 aliphatic heterocycles. The maximum Gasteiger partial charge on any atom is 0.410 e. The smallest absolute Gasteiger partial charge is 0.410 e. The van der Waals surface area contributed by atoms with Gasteiger partial charge in [0.25, 0.3) is 0 Å². The van der Waals surface area contributed by atoms with Crippen LogP contribution in [0.4, 0.5) is 4.79 Å². The Kier molecular flexibility index (Phi) is 5.98. The lowest BCUT2D eigenvalue weighted by Crippen LogP contribution is -2.39. The van der Waals surface area contributed by atoms with E-state index in [0.29, 0.717) is 24.5 Å². The van der Waals surface area contributed by atoms with Gasteiger partial charge in [-0.25, -0.2) is 4.79 Å². The van der Waals surface area contributed by atoms with Gasteiger partial charge < -0.3 is 9.64 Å². The number of carbonyl (C=O) groups is 1. The van der Waals surface area contributed by atoms with Crippen molar-refractivity contribution >= 4 is 23.3 Å². The molecule has 0 saturated heterocycles. The van der Waals surface area contributed by atoms with E-state index < -0.39 is 5.60 Å². The summed E-state index contributed by atoms with van der Waals surface area (Å²) in [5.41, 5.74) is 11.2. The molecule has 7 heteroatoms. The Balaban J connectivity index is 2.21. The highest BCUT2D eigenvalue weighted by Gasteiger charge is 2.24. The van der Waals surface area contributed by atoms with Crippen LogP contribution in [-0.4, -0.2) is 29.7 Å². The molecule has 0 N–H and O–H groups in total. The lowest BCUT2D eigenvalue weighted by atomic mass is 9.92. The molecular weight excluding hydrogens is 340 g/mol. The summed E-state index contributed by atoms with van der Waals surface area (Å²) in [6.07, 6.45) is 2.42. The predicted octanol–water partition coefficient (Wildman–Crippen LogP) is 5.74. The van der Waals surface area contributed by atoms with Crippen LogP contribution in [0.2, 0.25) is 5.02 Å². The van der Waals surface area contributed by atoms with E-state index in [2.05, 4.69) is 10.0 Å². The number of amides is 1. The third-order valence-corrected chi connectivity index (χ3v) is 4.13. The van der Waals surface area contributed by atoms with Gasteiger partial charge in [-0.15, -0.1) is 0 Å². The van der Waals surface area contributed by atoms with E-state index in [0.717, 1.165) is 16.7 Å². The van der Waals surface area contributed by atoms with Crippen molar-refractivity contribution in [3.8, 4) is 0 Å². The van der Waals surface area contributed by atoms with E-state index in [-0.39, 0.29) is 12.1 Å². The number of rotatable bonds is 3. The Hall–Kier alpha value is -2.17. The maximum absolute atomic E-state index is 12.2. The van der Waals surface area contributed by atoms with Crippen LogP contribution in [-0.2, 0) is 4.74 Å². The molecule has 1 aromatic carbocycles. The molecule has 1 aromatic rings. The summed E-state index contributed by atoms with van der Waals surface area (Å²) in [7, 11) is 0. The molecule has 0 radical (unpaired) electrons. The first-order chi connectivity index (χ1) is 11.7. The number of halogens is 1. The first-order valence-corrected chi connectivity index (χ1v) is 8.60. The van der Waals surface area contributed by atoms with Crippen molar-refractivity contribution in [2.75, 3.05) is 13.1 Å². The minimum atomic E-state index is -0.505. The fraction of sp³-hybridized carbons (Fsp3) is 0.500. The summed E-state index contributed by atoms with van der Waals surface area (Å²) in [4.78, 5) is 16.7. The van der Waals surface area contributed by atoms with E-state index >= 15 is 0 Å². The SMILES string of the molecule is CC(N=[N+]=[N-])c1cc(Cl)ccc1C1=CCN(C(=O)OC(C)(C)C)CC1. The number of hydrogen-bond acceptors (Lipinski definition) is 3. The molecule has 0 bridgehead atoms. The van der Waals surface area contributed by atoms with E-state index in [9.17, 15) is 4.79 Å². The molecular formula is C18H23ClN4O2. The van der Waals surface area contributed by atoms with E-state index in [1.54, 1.807) is 4.90 Å². The van der Waals surface area contributed by atoms with E-state index in [1.807, 2.05) is 52.0 Å². The molecule has 0 aliphatic carbocycles. The number of benzene rings is 1. The average Bonchev–Trinajstić information content (AvgIpc) is 2.53. The monoisotopic (exact) mass is 362 g/mol. The van der Waals surface area contributed by atoms with Crippen LogP contribution in [0.1, 0.15) is 51.3 Å². The summed E-state index contributed by atoms with van der Waals surface area (Å²) >= 11 is 6.10. The maximum atomic E-state index is 12.2. The first-order valence-electron chi connectivity index (χ1n) is 8.22. The molecule has 1 aliphatic rings. The highest BCUT2D eigenvalue weighted by atomic mass is 35.5. The quantitative estimate of drug-likeness (QED) is 0.390. The number of nitrogens with zero attached hydrogens (tertiary/aromatic N) is 4. The summed E-state index contributed by atoms with van der Waals surface area (Å²) in [6.45, 7) is 8.47. The molecule has 1 heterocycles. The largest absolute Gasteiger partial charge is 0.444 e. The average molecular weight is 363 g/mol. The molecule has 1 atom stereocenters. The normalized spacial score (nSPS) is 15.9. The van der Waals surface area contributed by atoms with Gasteiger partial charge in [0.15, 0.2) is 0 Å². The third-order valence-electron chi connectivity index (χ3n) is 3.90. The van der Waals surface area contributed by atoms with Crippen LogP contribution < -0.4 is 0 Å². The number of carbonyl (C=O) groups excluding carboxylic acids is 1. The van der Waals surface area contributed by atoms with Gasteiger partial charge in [-0.05, 0) is 61.6 Å². The molecule has 134 valence electrons. The van der Waals surface area contributed by atoms with Crippen molar-refractivity contribution in [2.24, 2.45) is 5.11 Å². The minimum absolute atomic E-state index is 0.304. The summed E-state index contributed by atoms with van der Waals surface area (Å²) in [6, 6.07) is 5.28. The Morgan fingerprint density at radius 2 is 2.16 bits per heavy atom. The second-order valence-corrected chi connectivity index (χ2v) is 7.45. The van der Waals surface area contributed by atoms with Crippen LogP contribution >= 0.6 is 11.6 Å². The molecule has 2 rings (SSSR count). The molecule has 25 heavy (non-hydrogen) atoms. The zero-order valence-electron chi connectivity index (χ0n) is 15.0. The van der Waals surface area contributed by atoms with Crippen LogP contribution in [0, 0.1) is 0 Å². The van der Waals surface area contributed by atoms with Gasteiger partial charge in [0.1, 0.15) is 5.60 Å². The fourth-order valence-electron chi connectivity index (χ4n) is 2.72. The first kappa shape index (κ1) is 19.2. The van der Waals surface area contributed by atoms with E-state index in [4.69, 9.17) is 21.9 Å². The van der Waals surface area contributed by atoms with Crippen molar-refractivity contribution < 1.29 is 9.53 Å². The Labute approximate surface area is 153 Å². The van der Waals surface area contributed by atoms with Crippen LogP contribution in [0.3, 0.4) is 0 Å². The number of ether oxygens (including phenoxy) is 1. The van der Waals surface area contributed by atoms with Gasteiger partial charge in [-0.1, -0.05) is 35.8 Å². The van der Waals surface area contributed by atoms with Gasteiger partial charge >= 0.3 is 6.09 Å². The standard InChI is InChI=1S/C18H23ClN4O2/c1-12(21-22-20)16-11-14(19)5-6-15(16)13-7-9-23(10-8-13)17(24)25-18(2,3)4/h5-7,11-12H,8-10H2,1-4H3. The molecule has 0 fully saturated rings. The molecule has 0 aromatic heterocycles. The van der Waals surface area contributed by atoms with Crippen LogP contribution in [0.5, 0.6) is 0 Å². The minimum Gasteiger partial charge on any atom is -0.444 e. The Morgan fingerprint density at radius 3 is 2.72 bits per heavy atom. The zero-order valence-corrected chi connectivity index (χ0v) is 15.7. The van der Waals surface area contributed by atoms with Gasteiger partial charge in [-0.2, -0.15) is 0 Å². The number of hydrogen-bond donors (Lipinski definition) is 0. The lowest BCUT2D eigenvalue weighted by Gasteiger charge is -2.30. The second-order valence-electron chi connectivity index (χ2n) is 7.02. The second kappa shape index (κ2) is 7.81. The number of azide groups is 1. The van der Waals surface area contributed by atoms with Crippen molar-refractivity contribution in [2.45, 2.75) is 45.8 Å². The molecule has 1 unspecified atom stereocenters. The van der Waals surface area contributed by atoms with Gasteiger partial charge in [0.2, 0.25) is 0 Å². The molecule has 1 amide bonds. The molecule has 0 saturated carbocycles. The topological polar surface area (TPSA) is 78.3 Å².